The molecule has 0 bridgehead atoms. The van der Waals surface area contributed by atoms with E-state index in [1.54, 1.807) is 12.1 Å². The van der Waals surface area contributed by atoms with Crippen LogP contribution in [0.4, 0.5) is 5.69 Å². The Balaban J connectivity index is 3.36. The van der Waals surface area contributed by atoms with E-state index in [2.05, 4.69) is 6.58 Å². The number of aromatic hydroxyl groups is 1. The summed E-state index contributed by atoms with van der Waals surface area (Å²) in [6.45, 7) is 5.40. The number of hydrogen-bond acceptors (Lipinski definition) is 2. The molecule has 0 aliphatic rings. The maximum Gasteiger partial charge on any atom is 0.145 e. The standard InChI is InChI=1S/C9H11NO/c1-3-7-5-4-6(2)8(10)9(7)11/h3-5,11H,1,10H2,2H3. The van der Waals surface area contributed by atoms with Gasteiger partial charge in [-0.25, -0.2) is 0 Å². The van der Waals surface area contributed by atoms with Crippen LogP contribution >= 0.6 is 0 Å². The molecule has 0 aliphatic carbocycles. The van der Waals surface area contributed by atoms with E-state index >= 15 is 0 Å². The topological polar surface area (TPSA) is 46.2 Å². The third kappa shape index (κ3) is 1.19. The summed E-state index contributed by atoms with van der Waals surface area (Å²) >= 11 is 0. The van der Waals surface area contributed by atoms with Gasteiger partial charge in [-0.2, -0.15) is 0 Å². The van der Waals surface area contributed by atoms with Crippen molar-refractivity contribution in [2.24, 2.45) is 0 Å². The van der Waals surface area contributed by atoms with Gasteiger partial charge in [0, 0.05) is 5.56 Å². The van der Waals surface area contributed by atoms with Crippen molar-refractivity contribution in [2.75, 3.05) is 5.73 Å². The first kappa shape index (κ1) is 7.66. The second kappa shape index (κ2) is 2.66. The molecule has 0 heterocycles. The fourth-order valence-corrected chi connectivity index (χ4v) is 0.890. The van der Waals surface area contributed by atoms with Gasteiger partial charge in [-0.05, 0) is 12.5 Å². The molecule has 0 atom stereocenters. The highest BCUT2D eigenvalue weighted by molar-refractivity contribution is 5.68. The van der Waals surface area contributed by atoms with E-state index in [0.29, 0.717) is 11.3 Å². The highest BCUT2D eigenvalue weighted by Gasteiger charge is 2.02. The Morgan fingerprint density at radius 3 is 2.73 bits per heavy atom. The second-order valence-corrected chi connectivity index (χ2v) is 2.44. The van der Waals surface area contributed by atoms with Crippen molar-refractivity contribution in [3.8, 4) is 5.75 Å². The lowest BCUT2D eigenvalue weighted by Gasteiger charge is -2.04. The Morgan fingerprint density at radius 1 is 1.55 bits per heavy atom. The van der Waals surface area contributed by atoms with E-state index in [4.69, 9.17) is 5.73 Å². The van der Waals surface area contributed by atoms with E-state index < -0.39 is 0 Å². The van der Waals surface area contributed by atoms with Crippen LogP contribution in [0.25, 0.3) is 6.08 Å². The summed E-state index contributed by atoms with van der Waals surface area (Å²) < 4.78 is 0. The molecular weight excluding hydrogens is 138 g/mol. The van der Waals surface area contributed by atoms with Gasteiger partial charge >= 0.3 is 0 Å². The van der Waals surface area contributed by atoms with Crippen LogP contribution in [0.2, 0.25) is 0 Å². The number of benzene rings is 1. The maximum absolute atomic E-state index is 9.38. The molecule has 58 valence electrons. The van der Waals surface area contributed by atoms with Crippen LogP contribution in [0.5, 0.6) is 5.75 Å². The average Bonchev–Trinajstić information content (AvgIpc) is 2.01. The molecule has 3 N–H and O–H groups in total. The van der Waals surface area contributed by atoms with Crippen molar-refractivity contribution in [3.05, 3.63) is 29.8 Å². The Kier molecular flexibility index (Phi) is 1.85. The lowest BCUT2D eigenvalue weighted by Crippen LogP contribution is -1.91. The molecular formula is C9H11NO. The van der Waals surface area contributed by atoms with Gasteiger partial charge in [-0.15, -0.1) is 0 Å². The number of rotatable bonds is 1. The Labute approximate surface area is 66.0 Å². The van der Waals surface area contributed by atoms with E-state index in [1.807, 2.05) is 13.0 Å². The molecule has 11 heavy (non-hydrogen) atoms. The van der Waals surface area contributed by atoms with Crippen LogP contribution in [0.3, 0.4) is 0 Å². The maximum atomic E-state index is 9.38. The van der Waals surface area contributed by atoms with Crippen LogP contribution in [0.1, 0.15) is 11.1 Å². The van der Waals surface area contributed by atoms with Gasteiger partial charge in [0.25, 0.3) is 0 Å². The third-order valence-corrected chi connectivity index (χ3v) is 1.69. The van der Waals surface area contributed by atoms with Crippen LogP contribution in [0.15, 0.2) is 18.7 Å². The number of nitrogens with two attached hydrogens (primary N) is 1. The van der Waals surface area contributed by atoms with Crippen LogP contribution < -0.4 is 5.73 Å². The third-order valence-electron chi connectivity index (χ3n) is 1.69. The van der Waals surface area contributed by atoms with Crippen LogP contribution in [-0.4, -0.2) is 5.11 Å². The van der Waals surface area contributed by atoms with Crippen LogP contribution in [0, 0.1) is 6.92 Å². The van der Waals surface area contributed by atoms with E-state index in [-0.39, 0.29) is 5.75 Å². The molecule has 0 unspecified atom stereocenters. The number of anilines is 1. The summed E-state index contributed by atoms with van der Waals surface area (Å²) in [6.07, 6.45) is 1.57. The largest absolute Gasteiger partial charge is 0.505 e. The molecule has 0 aromatic heterocycles. The number of phenolic OH excluding ortho intramolecular Hbond substituents is 1. The van der Waals surface area contributed by atoms with Gasteiger partial charge in [0.05, 0.1) is 5.69 Å². The van der Waals surface area contributed by atoms with E-state index in [1.165, 1.54) is 0 Å². The molecule has 0 amide bonds. The number of phenols is 1. The van der Waals surface area contributed by atoms with Crippen LogP contribution in [-0.2, 0) is 0 Å². The molecule has 0 radical (unpaired) electrons. The molecule has 0 saturated carbocycles. The van der Waals surface area contributed by atoms with Gasteiger partial charge in [-0.3, -0.25) is 0 Å². The zero-order chi connectivity index (χ0) is 8.43. The summed E-state index contributed by atoms with van der Waals surface area (Å²) in [5.74, 6) is 0.125. The molecule has 2 nitrogen and oxygen atoms in total. The quantitative estimate of drug-likeness (QED) is 0.473. The number of aryl methyl sites for hydroxylation is 1. The monoisotopic (exact) mass is 149 g/mol. The molecule has 1 rings (SSSR count). The second-order valence-electron chi connectivity index (χ2n) is 2.44. The van der Waals surface area contributed by atoms with Crippen molar-refractivity contribution in [2.45, 2.75) is 6.92 Å². The predicted molar refractivity (Wildman–Crippen MR) is 47.3 cm³/mol. The first-order valence-corrected chi connectivity index (χ1v) is 3.37. The molecule has 0 fully saturated rings. The first-order chi connectivity index (χ1) is 5.16. The van der Waals surface area contributed by atoms with Gasteiger partial charge in [-0.1, -0.05) is 24.8 Å². The first-order valence-electron chi connectivity index (χ1n) is 3.37. The lowest BCUT2D eigenvalue weighted by atomic mass is 10.1. The van der Waals surface area contributed by atoms with Crippen molar-refractivity contribution in [3.63, 3.8) is 0 Å². The predicted octanol–water partition coefficient (Wildman–Crippen LogP) is 1.93. The minimum absolute atomic E-state index is 0.125. The zero-order valence-electron chi connectivity index (χ0n) is 6.46. The molecule has 0 saturated heterocycles. The zero-order valence-corrected chi connectivity index (χ0v) is 6.46. The molecule has 1 aromatic carbocycles. The Hall–Kier alpha value is -1.44. The Morgan fingerprint density at radius 2 is 2.18 bits per heavy atom. The van der Waals surface area contributed by atoms with Crippen molar-refractivity contribution in [1.82, 2.24) is 0 Å². The molecule has 0 spiro atoms. The van der Waals surface area contributed by atoms with Gasteiger partial charge in [0.15, 0.2) is 0 Å². The molecule has 1 aromatic rings. The average molecular weight is 149 g/mol. The van der Waals surface area contributed by atoms with Crippen molar-refractivity contribution in [1.29, 1.82) is 0 Å². The van der Waals surface area contributed by atoms with Gasteiger partial charge < -0.3 is 10.8 Å². The number of hydrogen-bond donors (Lipinski definition) is 2. The number of nitrogen functional groups attached to an aromatic ring is 1. The fraction of sp³-hybridized carbons (Fsp3) is 0.111. The minimum atomic E-state index is 0.125. The minimum Gasteiger partial charge on any atom is -0.505 e. The summed E-state index contributed by atoms with van der Waals surface area (Å²) in [5, 5.41) is 9.38. The highest BCUT2D eigenvalue weighted by atomic mass is 16.3. The van der Waals surface area contributed by atoms with Gasteiger partial charge in [0.1, 0.15) is 5.75 Å². The van der Waals surface area contributed by atoms with E-state index in [0.717, 1.165) is 5.56 Å². The van der Waals surface area contributed by atoms with Gasteiger partial charge in [0.2, 0.25) is 0 Å². The van der Waals surface area contributed by atoms with Crippen molar-refractivity contribution < 1.29 is 5.11 Å². The normalized spacial score (nSPS) is 9.55. The van der Waals surface area contributed by atoms with Crippen molar-refractivity contribution >= 4 is 11.8 Å². The fourth-order valence-electron chi connectivity index (χ4n) is 0.890. The highest BCUT2D eigenvalue weighted by Crippen LogP contribution is 2.28. The SMILES string of the molecule is C=Cc1ccc(C)c(N)c1O. The smallest absolute Gasteiger partial charge is 0.145 e. The molecule has 2 heteroatoms. The summed E-state index contributed by atoms with van der Waals surface area (Å²) in [6, 6.07) is 3.64. The summed E-state index contributed by atoms with van der Waals surface area (Å²) in [4.78, 5) is 0. The Bertz CT molecular complexity index is 292. The lowest BCUT2D eigenvalue weighted by molar-refractivity contribution is 0.476. The summed E-state index contributed by atoms with van der Waals surface area (Å²) in [7, 11) is 0. The molecule has 0 aliphatic heterocycles. The summed E-state index contributed by atoms with van der Waals surface area (Å²) in [5.41, 5.74) is 7.55. The van der Waals surface area contributed by atoms with E-state index in [9.17, 15) is 5.11 Å².